The molecular weight excluding hydrogens is 474 g/mol. The van der Waals surface area contributed by atoms with Crippen molar-refractivity contribution in [1.82, 2.24) is 0 Å². The number of nitrogens with zero attached hydrogens (tertiary/aromatic N) is 1. The molecule has 4 rings (SSSR count). The minimum atomic E-state index is -0.437. The third-order valence-corrected chi connectivity index (χ3v) is 3.89. The molecule has 3 aromatic carbocycles. The Labute approximate surface area is 209 Å². The number of benzene rings is 3. The fraction of sp³-hybridized carbons (Fsp3) is 0. The van der Waals surface area contributed by atoms with Crippen molar-refractivity contribution < 1.29 is 36.0 Å². The quantitative estimate of drug-likeness (QED) is 0.0817. The molecule has 0 saturated carbocycles. The summed E-state index contributed by atoms with van der Waals surface area (Å²) in [7, 11) is 0. The second-order valence-corrected chi connectivity index (χ2v) is 6.00. The van der Waals surface area contributed by atoms with Crippen LogP contribution in [0.4, 0.5) is 5.69 Å². The molecule has 0 unspecified atom stereocenters. The minimum absolute atomic E-state index is 0. The van der Waals surface area contributed by atoms with E-state index in [1.807, 2.05) is 91.4 Å². The van der Waals surface area contributed by atoms with E-state index in [1.165, 1.54) is 12.1 Å². The zero-order valence-corrected chi connectivity index (χ0v) is 18.9. The summed E-state index contributed by atoms with van der Waals surface area (Å²) in [5.41, 5.74) is 1.79. The molecule has 0 atom stereocenters. The first-order valence-corrected chi connectivity index (χ1v) is 9.46. The van der Waals surface area contributed by atoms with E-state index in [9.17, 15) is 10.1 Å². The number of non-ortho nitro benzene ring substituents is 1. The Kier molecular flexibility index (Phi) is 16.5. The third-order valence-electron chi connectivity index (χ3n) is 3.89. The molecule has 171 valence electrons. The van der Waals surface area contributed by atoms with Crippen LogP contribution in [0.25, 0.3) is 5.76 Å². The largest absolute Gasteiger partial charge is 0.0767 e. The normalized spacial score (nSPS) is 10.5. The molecular formula is C27H19FeNO5-. The Hall–Kier alpha value is -3.92. The van der Waals surface area contributed by atoms with Crippen LogP contribution in [-0.4, -0.2) is 4.92 Å². The van der Waals surface area contributed by atoms with Crippen molar-refractivity contribution in [1.29, 1.82) is 0 Å². The molecule has 0 fully saturated rings. The number of allylic oxidation sites excluding steroid dienone is 4. The molecule has 0 spiro atoms. The van der Waals surface area contributed by atoms with E-state index in [1.54, 1.807) is 12.1 Å². The van der Waals surface area contributed by atoms with E-state index in [0.717, 1.165) is 11.1 Å². The molecule has 0 heterocycles. The van der Waals surface area contributed by atoms with Gasteiger partial charge in [0.1, 0.15) is 5.75 Å². The molecule has 34 heavy (non-hydrogen) atoms. The van der Waals surface area contributed by atoms with E-state index in [-0.39, 0.29) is 22.8 Å². The summed E-state index contributed by atoms with van der Waals surface area (Å²) in [6, 6.07) is 25.3. The predicted molar refractivity (Wildman–Crippen MR) is 123 cm³/mol. The Morgan fingerprint density at radius 2 is 1.26 bits per heavy atom. The van der Waals surface area contributed by atoms with Crippen LogP contribution in [0.1, 0.15) is 11.1 Å². The van der Waals surface area contributed by atoms with Crippen LogP contribution >= 0.6 is 0 Å². The summed E-state index contributed by atoms with van der Waals surface area (Å²) < 4.78 is 20.9. The van der Waals surface area contributed by atoms with Gasteiger partial charge in [0, 0.05) is 35.6 Å². The maximum absolute atomic E-state index is 10.7. The molecule has 1 aliphatic carbocycles. The van der Waals surface area contributed by atoms with Gasteiger partial charge in [-0.3, -0.25) is 10.1 Å². The maximum Gasteiger partial charge on any atom is 0.00506 e. The van der Waals surface area contributed by atoms with Crippen LogP contribution in [0.5, 0.6) is 5.75 Å². The molecule has 1 radical (unpaired) electrons. The summed E-state index contributed by atoms with van der Waals surface area (Å²) in [5, 5.41) is 10.7. The Morgan fingerprint density at radius 1 is 0.765 bits per heavy atom. The maximum atomic E-state index is 10.7. The summed E-state index contributed by atoms with van der Waals surface area (Å²) in [5.74, 6) is 1.07. The molecule has 0 N–H and O–H groups in total. The van der Waals surface area contributed by atoms with Gasteiger partial charge in [-0.25, -0.2) is 0 Å². The van der Waals surface area contributed by atoms with Crippen LogP contribution in [-0.2, 0) is 26.4 Å². The van der Waals surface area contributed by atoms with Gasteiger partial charge in [0.15, 0.2) is 0 Å². The number of nitro benzene ring substituents is 1. The number of nitro groups is 1. The van der Waals surface area contributed by atoms with Crippen molar-refractivity contribution >= 4 is 11.4 Å². The van der Waals surface area contributed by atoms with Gasteiger partial charge in [-0.05, 0) is 12.1 Å². The van der Waals surface area contributed by atoms with E-state index in [2.05, 4.69) is 19.4 Å². The van der Waals surface area contributed by atoms with Gasteiger partial charge in [-0.2, -0.15) is 0 Å². The summed E-state index contributed by atoms with van der Waals surface area (Å²) in [6.45, 7) is 9.00. The Morgan fingerprint density at radius 3 is 1.71 bits per heavy atom. The SMILES string of the molecule is O=[N+]([O-])c1ccc(OC(=[C-]c2ccccc2)c2ccccc2)cc1.[C-]#[O+].[C-]#[O+].[CH]1C=CC=C1.[Fe]. The molecule has 3 aromatic rings. The van der Waals surface area contributed by atoms with Crippen molar-refractivity contribution in [3.05, 3.63) is 156 Å². The van der Waals surface area contributed by atoms with Gasteiger partial charge in [0.2, 0.25) is 0 Å². The summed E-state index contributed by atoms with van der Waals surface area (Å²) in [6.07, 6.45) is 13.2. The molecule has 0 saturated heterocycles. The van der Waals surface area contributed by atoms with Crippen molar-refractivity contribution in [3.8, 4) is 5.75 Å². The van der Waals surface area contributed by atoms with E-state index in [0.29, 0.717) is 11.5 Å². The van der Waals surface area contributed by atoms with Gasteiger partial charge >= 0.3 is 22.6 Å². The number of ether oxygens (including phenoxy) is 1. The zero-order chi connectivity index (χ0) is 24.3. The first-order valence-electron chi connectivity index (χ1n) is 9.46. The van der Waals surface area contributed by atoms with Crippen LogP contribution in [0.2, 0.25) is 0 Å². The Bertz CT molecular complexity index is 1090. The fourth-order valence-corrected chi connectivity index (χ4v) is 2.47. The summed E-state index contributed by atoms with van der Waals surface area (Å²) >= 11 is 0. The second-order valence-electron chi connectivity index (χ2n) is 6.00. The molecule has 0 amide bonds. The smallest absolute Gasteiger partial charge is 0.00506 e. The number of hydrogen-bond donors (Lipinski definition) is 0. The van der Waals surface area contributed by atoms with Crippen LogP contribution < -0.4 is 4.74 Å². The molecule has 0 aromatic heterocycles. The first kappa shape index (κ1) is 30.1. The molecule has 1 aliphatic rings. The first-order chi connectivity index (χ1) is 16.2. The van der Waals surface area contributed by atoms with Gasteiger partial charge in [0.05, 0.1) is 10.7 Å². The number of hydrogen-bond acceptors (Lipinski definition) is 3. The fourth-order valence-electron chi connectivity index (χ4n) is 2.47. The van der Waals surface area contributed by atoms with Crippen molar-refractivity contribution in [3.63, 3.8) is 0 Å². The van der Waals surface area contributed by atoms with E-state index < -0.39 is 4.92 Å². The topological polar surface area (TPSA) is 92.2 Å². The molecule has 0 bridgehead atoms. The van der Waals surface area contributed by atoms with Gasteiger partial charge < -0.3 is 4.74 Å². The van der Waals surface area contributed by atoms with Crippen molar-refractivity contribution in [2.45, 2.75) is 0 Å². The summed E-state index contributed by atoms with van der Waals surface area (Å²) in [4.78, 5) is 10.3. The zero-order valence-electron chi connectivity index (χ0n) is 17.8. The van der Waals surface area contributed by atoms with Gasteiger partial charge in [-0.1, -0.05) is 72.3 Å². The monoisotopic (exact) mass is 493 g/mol. The van der Waals surface area contributed by atoms with E-state index >= 15 is 0 Å². The van der Waals surface area contributed by atoms with E-state index in [4.69, 9.17) is 14.0 Å². The average molecular weight is 493 g/mol. The second kappa shape index (κ2) is 18.6. The third kappa shape index (κ3) is 11.1. The molecule has 7 heteroatoms. The standard InChI is InChI=1S/C20H14NO3.C5H5.2CO.Fe/c22-21(23)18-11-13-19(14-12-18)24-20(17-9-5-2-6-10-17)15-16-7-3-1-4-8-16;1-2-4-5-3-1;2*1-2;/h1-14H;1-5H;;;/q-1;;;;. The van der Waals surface area contributed by atoms with Gasteiger partial charge in [0.25, 0.3) is 5.69 Å². The number of rotatable bonds is 5. The molecule has 0 aliphatic heterocycles. The van der Waals surface area contributed by atoms with Crippen LogP contribution in [0.15, 0.2) is 109 Å². The van der Waals surface area contributed by atoms with Crippen molar-refractivity contribution in [2.24, 2.45) is 0 Å². The predicted octanol–water partition coefficient (Wildman–Crippen LogP) is 6.11. The Balaban J connectivity index is 0.000000936. The average Bonchev–Trinajstić information content (AvgIpc) is 3.48. The van der Waals surface area contributed by atoms with Crippen LogP contribution in [0.3, 0.4) is 0 Å². The van der Waals surface area contributed by atoms with Crippen LogP contribution in [0, 0.1) is 35.9 Å². The van der Waals surface area contributed by atoms with Crippen molar-refractivity contribution in [2.75, 3.05) is 0 Å². The molecule has 6 nitrogen and oxygen atoms in total. The van der Waals surface area contributed by atoms with Gasteiger partial charge in [-0.15, -0.1) is 29.8 Å². The minimum Gasteiger partial charge on any atom is -0.0767 e.